The minimum Gasteiger partial charge on any atom is -0.335 e. The molecule has 6 heteroatoms. The second-order valence-corrected chi connectivity index (χ2v) is 7.11. The minimum atomic E-state index is -0.0360. The molecule has 0 bridgehead atoms. The molecule has 144 valence electrons. The molecule has 0 saturated heterocycles. The Morgan fingerprint density at radius 1 is 1.21 bits per heavy atom. The van der Waals surface area contributed by atoms with Crippen LogP contribution in [0.2, 0.25) is 0 Å². The van der Waals surface area contributed by atoms with Crippen LogP contribution in [0.3, 0.4) is 0 Å². The van der Waals surface area contributed by atoms with Gasteiger partial charge in [-0.1, -0.05) is 18.2 Å². The van der Waals surface area contributed by atoms with Crippen LogP contribution in [0.4, 0.5) is 5.82 Å². The Balaban J connectivity index is 1.39. The van der Waals surface area contributed by atoms with Crippen LogP contribution in [0, 0.1) is 11.3 Å². The van der Waals surface area contributed by atoms with E-state index in [9.17, 15) is 9.59 Å². The number of hydrogen-bond acceptors (Lipinski definition) is 4. The fourth-order valence-electron chi connectivity index (χ4n) is 3.53. The number of carbonyl (C=O) groups is 2. The third-order valence-corrected chi connectivity index (χ3v) is 5.19. The number of nitrogens with zero attached hydrogens (tertiary/aromatic N) is 3. The highest BCUT2D eigenvalue weighted by atomic mass is 16.2. The number of aryl methyl sites for hydroxylation is 1. The molecule has 0 spiro atoms. The maximum atomic E-state index is 12.5. The van der Waals surface area contributed by atoms with Gasteiger partial charge in [-0.2, -0.15) is 5.26 Å². The van der Waals surface area contributed by atoms with Gasteiger partial charge in [0.1, 0.15) is 5.82 Å². The number of aromatic nitrogens is 1. The Kier molecular flexibility index (Phi) is 5.21. The second-order valence-electron chi connectivity index (χ2n) is 7.11. The first-order chi connectivity index (χ1) is 14.1. The minimum absolute atomic E-state index is 0.0120. The summed E-state index contributed by atoms with van der Waals surface area (Å²) in [6.07, 6.45) is 8.98. The van der Waals surface area contributed by atoms with Gasteiger partial charge < -0.3 is 10.2 Å². The van der Waals surface area contributed by atoms with Crippen molar-refractivity contribution < 1.29 is 9.59 Å². The van der Waals surface area contributed by atoms with Crippen LogP contribution < -0.4 is 5.32 Å². The van der Waals surface area contributed by atoms with Crippen LogP contribution in [0.1, 0.15) is 35.1 Å². The Morgan fingerprint density at radius 3 is 2.76 bits per heavy atom. The molecule has 0 aliphatic carbocycles. The Hall–Kier alpha value is -3.72. The van der Waals surface area contributed by atoms with Gasteiger partial charge in [0.2, 0.25) is 11.8 Å². The van der Waals surface area contributed by atoms with E-state index in [-0.39, 0.29) is 11.8 Å². The van der Waals surface area contributed by atoms with Crippen molar-refractivity contribution in [3.63, 3.8) is 0 Å². The highest BCUT2D eigenvalue weighted by molar-refractivity contribution is 5.94. The predicted octanol–water partition coefficient (Wildman–Crippen LogP) is 3.17. The molecule has 2 aromatic rings. The average molecular weight is 384 g/mol. The summed E-state index contributed by atoms with van der Waals surface area (Å²) in [4.78, 5) is 30.0. The fourth-order valence-corrected chi connectivity index (χ4v) is 3.53. The standard InChI is InChI=1S/C23H20N4O2/c24-14-16-1-4-18(5-2-16)19-9-11-27(12-10-19)22(29)8-3-17-13-20-6-7-21(28)26-23(20)25-15-17/h1-5,8-9,13,15H,6-7,10-12H2,(H,25,26,28)/b8-3+. The topological polar surface area (TPSA) is 86.1 Å². The van der Waals surface area contributed by atoms with Crippen molar-refractivity contribution in [2.45, 2.75) is 19.3 Å². The van der Waals surface area contributed by atoms with E-state index in [1.165, 1.54) is 5.57 Å². The van der Waals surface area contributed by atoms with Gasteiger partial charge in [-0.15, -0.1) is 0 Å². The molecule has 2 aliphatic rings. The molecule has 1 aromatic heterocycles. The molecule has 3 heterocycles. The molecule has 4 rings (SSSR count). The summed E-state index contributed by atoms with van der Waals surface area (Å²) >= 11 is 0. The van der Waals surface area contributed by atoms with E-state index in [1.807, 2.05) is 30.3 Å². The second kappa shape index (κ2) is 8.11. The van der Waals surface area contributed by atoms with Crippen LogP contribution in [0.5, 0.6) is 0 Å². The van der Waals surface area contributed by atoms with E-state index in [0.717, 1.165) is 23.1 Å². The summed E-state index contributed by atoms with van der Waals surface area (Å²) in [5, 5.41) is 11.7. The molecule has 6 nitrogen and oxygen atoms in total. The van der Waals surface area contributed by atoms with Gasteiger partial charge in [-0.25, -0.2) is 4.98 Å². The lowest BCUT2D eigenvalue weighted by Gasteiger charge is -2.25. The predicted molar refractivity (Wildman–Crippen MR) is 111 cm³/mol. The van der Waals surface area contributed by atoms with Gasteiger partial charge in [0.05, 0.1) is 11.6 Å². The summed E-state index contributed by atoms with van der Waals surface area (Å²) in [5.74, 6) is 0.564. The first kappa shape index (κ1) is 18.6. The molecular formula is C23H20N4O2. The first-order valence-corrected chi connectivity index (χ1v) is 9.58. The number of amides is 2. The molecule has 1 aromatic carbocycles. The van der Waals surface area contributed by atoms with Crippen LogP contribution >= 0.6 is 0 Å². The Labute approximate surface area is 169 Å². The fraction of sp³-hybridized carbons (Fsp3) is 0.217. The molecule has 1 N–H and O–H groups in total. The molecule has 2 amide bonds. The third-order valence-electron chi connectivity index (χ3n) is 5.19. The number of nitriles is 1. The van der Waals surface area contributed by atoms with Gasteiger partial charge in [0.15, 0.2) is 0 Å². The van der Waals surface area contributed by atoms with Gasteiger partial charge in [0.25, 0.3) is 0 Å². The summed E-state index contributed by atoms with van der Waals surface area (Å²) in [5.41, 5.74) is 4.78. The Bertz CT molecular complexity index is 1060. The molecular weight excluding hydrogens is 364 g/mol. The van der Waals surface area contributed by atoms with E-state index < -0.39 is 0 Å². The molecule has 0 fully saturated rings. The number of anilines is 1. The van der Waals surface area contributed by atoms with Crippen molar-refractivity contribution in [3.05, 3.63) is 70.9 Å². The van der Waals surface area contributed by atoms with Crippen molar-refractivity contribution in [1.29, 1.82) is 5.26 Å². The van der Waals surface area contributed by atoms with E-state index in [2.05, 4.69) is 22.4 Å². The highest BCUT2D eigenvalue weighted by Crippen LogP contribution is 2.24. The summed E-state index contributed by atoms with van der Waals surface area (Å²) in [6, 6.07) is 11.6. The maximum Gasteiger partial charge on any atom is 0.246 e. The van der Waals surface area contributed by atoms with Crippen LogP contribution in [0.25, 0.3) is 11.6 Å². The normalized spacial score (nSPS) is 16.0. The zero-order valence-corrected chi connectivity index (χ0v) is 15.9. The third kappa shape index (κ3) is 4.25. The van der Waals surface area contributed by atoms with Crippen molar-refractivity contribution in [2.75, 3.05) is 18.4 Å². The van der Waals surface area contributed by atoms with Crippen LogP contribution in [-0.2, 0) is 16.0 Å². The van der Waals surface area contributed by atoms with E-state index >= 15 is 0 Å². The van der Waals surface area contributed by atoms with Gasteiger partial charge in [0, 0.05) is 31.8 Å². The maximum absolute atomic E-state index is 12.5. The lowest BCUT2D eigenvalue weighted by Crippen LogP contribution is -2.33. The number of pyridine rings is 1. The van der Waals surface area contributed by atoms with Crippen LogP contribution in [0.15, 0.2) is 48.7 Å². The SMILES string of the molecule is N#Cc1ccc(C2=CCN(C(=O)/C=C/c3cnc4c(c3)CCC(=O)N4)CC2)cc1. The molecule has 0 unspecified atom stereocenters. The number of fused-ring (bicyclic) bond motifs is 1. The lowest BCUT2D eigenvalue weighted by atomic mass is 9.98. The average Bonchev–Trinajstić information content (AvgIpc) is 2.77. The van der Waals surface area contributed by atoms with Crippen molar-refractivity contribution in [1.82, 2.24) is 9.88 Å². The zero-order chi connectivity index (χ0) is 20.2. The molecule has 0 radical (unpaired) electrons. The number of nitrogens with one attached hydrogen (secondary N) is 1. The summed E-state index contributed by atoms with van der Waals surface area (Å²) in [7, 11) is 0. The molecule has 2 aliphatic heterocycles. The highest BCUT2D eigenvalue weighted by Gasteiger charge is 2.17. The van der Waals surface area contributed by atoms with Crippen molar-refractivity contribution in [3.8, 4) is 6.07 Å². The Morgan fingerprint density at radius 2 is 2.03 bits per heavy atom. The number of carbonyl (C=O) groups excluding carboxylic acids is 2. The van der Waals surface area contributed by atoms with E-state index in [0.29, 0.717) is 37.3 Å². The molecule has 0 atom stereocenters. The van der Waals surface area contributed by atoms with E-state index in [4.69, 9.17) is 5.26 Å². The molecule has 29 heavy (non-hydrogen) atoms. The van der Waals surface area contributed by atoms with Gasteiger partial charge in [-0.05, 0) is 59.4 Å². The van der Waals surface area contributed by atoms with E-state index in [1.54, 1.807) is 23.2 Å². The number of benzene rings is 1. The lowest BCUT2D eigenvalue weighted by molar-refractivity contribution is -0.125. The van der Waals surface area contributed by atoms with Gasteiger partial charge in [-0.3, -0.25) is 9.59 Å². The summed E-state index contributed by atoms with van der Waals surface area (Å²) in [6.45, 7) is 1.22. The smallest absolute Gasteiger partial charge is 0.246 e. The van der Waals surface area contributed by atoms with Crippen molar-refractivity contribution >= 4 is 29.3 Å². The monoisotopic (exact) mass is 384 g/mol. The largest absolute Gasteiger partial charge is 0.335 e. The van der Waals surface area contributed by atoms with Crippen LogP contribution in [-0.4, -0.2) is 34.8 Å². The van der Waals surface area contributed by atoms with Gasteiger partial charge >= 0.3 is 0 Å². The number of hydrogen-bond donors (Lipinski definition) is 1. The quantitative estimate of drug-likeness (QED) is 0.824. The molecule has 0 saturated carbocycles. The first-order valence-electron chi connectivity index (χ1n) is 9.58. The van der Waals surface area contributed by atoms with Crippen molar-refractivity contribution in [2.24, 2.45) is 0 Å². The number of rotatable bonds is 3. The summed E-state index contributed by atoms with van der Waals surface area (Å²) < 4.78 is 0. The zero-order valence-electron chi connectivity index (χ0n) is 15.9.